The van der Waals surface area contributed by atoms with E-state index < -0.39 is 0 Å². The van der Waals surface area contributed by atoms with Gasteiger partial charge < -0.3 is 10.1 Å². The first-order valence-corrected chi connectivity index (χ1v) is 8.71. The molecule has 1 aliphatic rings. The van der Waals surface area contributed by atoms with Crippen molar-refractivity contribution in [1.82, 2.24) is 5.32 Å². The summed E-state index contributed by atoms with van der Waals surface area (Å²) in [5, 5.41) is 3.44. The van der Waals surface area contributed by atoms with Crippen molar-refractivity contribution in [2.24, 2.45) is 5.92 Å². The third-order valence-corrected chi connectivity index (χ3v) is 4.74. The van der Waals surface area contributed by atoms with Crippen LogP contribution in [0.2, 0.25) is 0 Å². The van der Waals surface area contributed by atoms with Crippen molar-refractivity contribution in [3.63, 3.8) is 0 Å². The highest BCUT2D eigenvalue weighted by Crippen LogP contribution is 2.26. The summed E-state index contributed by atoms with van der Waals surface area (Å²) in [5.74, 6) is 1.76. The van der Waals surface area contributed by atoms with Gasteiger partial charge in [0.15, 0.2) is 0 Å². The maximum Gasteiger partial charge on any atom is 0.119 e. The number of benzene rings is 1. The Kier molecular flexibility index (Phi) is 6.88. The first-order valence-electron chi connectivity index (χ1n) is 7.91. The molecule has 1 N–H and O–H groups in total. The van der Waals surface area contributed by atoms with E-state index in [1.54, 1.807) is 0 Å². The average molecular weight is 340 g/mol. The number of halogens is 1. The van der Waals surface area contributed by atoms with Crippen LogP contribution in [0.5, 0.6) is 5.75 Å². The Morgan fingerprint density at radius 1 is 1.25 bits per heavy atom. The first kappa shape index (κ1) is 15.8. The number of hydrogen-bond donors (Lipinski definition) is 1. The lowest BCUT2D eigenvalue weighted by Gasteiger charge is -2.22. The first-order chi connectivity index (χ1) is 9.79. The molecule has 2 nitrogen and oxygen atoms in total. The third-order valence-electron chi connectivity index (χ3n) is 3.97. The average Bonchev–Trinajstić information content (AvgIpc) is 2.49. The SMILES string of the molecule is CCCNCc1cc(OCC2CCCCC2)ccc1Br. The van der Waals surface area contributed by atoms with E-state index in [0.717, 1.165) is 42.3 Å². The number of ether oxygens (including phenoxy) is 1. The molecule has 20 heavy (non-hydrogen) atoms. The van der Waals surface area contributed by atoms with Crippen molar-refractivity contribution in [2.45, 2.75) is 52.0 Å². The molecular formula is C17H26BrNO. The molecule has 1 aromatic carbocycles. The van der Waals surface area contributed by atoms with E-state index in [1.807, 2.05) is 0 Å². The van der Waals surface area contributed by atoms with Gasteiger partial charge in [-0.05, 0) is 55.5 Å². The van der Waals surface area contributed by atoms with Gasteiger partial charge in [-0.15, -0.1) is 0 Å². The molecule has 0 aliphatic heterocycles. The summed E-state index contributed by atoms with van der Waals surface area (Å²) in [6.07, 6.45) is 7.99. The molecule has 0 radical (unpaired) electrons. The molecule has 0 bridgehead atoms. The largest absolute Gasteiger partial charge is 0.493 e. The van der Waals surface area contributed by atoms with Gasteiger partial charge in [-0.3, -0.25) is 0 Å². The van der Waals surface area contributed by atoms with Crippen LogP contribution < -0.4 is 10.1 Å². The molecule has 0 saturated heterocycles. The topological polar surface area (TPSA) is 21.3 Å². The fraction of sp³-hybridized carbons (Fsp3) is 0.647. The summed E-state index contributed by atoms with van der Waals surface area (Å²) in [6.45, 7) is 5.02. The van der Waals surface area contributed by atoms with Gasteiger partial charge in [-0.25, -0.2) is 0 Å². The van der Waals surface area contributed by atoms with Gasteiger partial charge in [0, 0.05) is 11.0 Å². The molecule has 2 rings (SSSR count). The zero-order chi connectivity index (χ0) is 14.2. The molecule has 0 unspecified atom stereocenters. The zero-order valence-corrected chi connectivity index (χ0v) is 14.0. The van der Waals surface area contributed by atoms with E-state index in [1.165, 1.54) is 37.7 Å². The number of nitrogens with one attached hydrogen (secondary N) is 1. The van der Waals surface area contributed by atoms with Crippen LogP contribution in [-0.4, -0.2) is 13.2 Å². The van der Waals surface area contributed by atoms with Crippen molar-refractivity contribution in [3.05, 3.63) is 28.2 Å². The Hall–Kier alpha value is -0.540. The normalized spacial score (nSPS) is 16.3. The van der Waals surface area contributed by atoms with Crippen molar-refractivity contribution in [2.75, 3.05) is 13.2 Å². The van der Waals surface area contributed by atoms with Crippen LogP contribution in [0.4, 0.5) is 0 Å². The second-order valence-corrected chi connectivity index (χ2v) is 6.60. The van der Waals surface area contributed by atoms with Crippen LogP contribution in [0.3, 0.4) is 0 Å². The predicted octanol–water partition coefficient (Wildman–Crippen LogP) is 4.91. The lowest BCUT2D eigenvalue weighted by atomic mass is 9.90. The zero-order valence-electron chi connectivity index (χ0n) is 12.5. The monoisotopic (exact) mass is 339 g/mol. The highest BCUT2D eigenvalue weighted by molar-refractivity contribution is 9.10. The fourth-order valence-corrected chi connectivity index (χ4v) is 3.13. The molecule has 1 aromatic rings. The van der Waals surface area contributed by atoms with Crippen LogP contribution in [0.15, 0.2) is 22.7 Å². The van der Waals surface area contributed by atoms with Gasteiger partial charge in [0.05, 0.1) is 6.61 Å². The highest BCUT2D eigenvalue weighted by atomic mass is 79.9. The van der Waals surface area contributed by atoms with Gasteiger partial charge in [0.1, 0.15) is 5.75 Å². The van der Waals surface area contributed by atoms with Gasteiger partial charge in [-0.2, -0.15) is 0 Å². The molecule has 0 aromatic heterocycles. The van der Waals surface area contributed by atoms with Crippen LogP contribution in [0.1, 0.15) is 51.0 Å². The van der Waals surface area contributed by atoms with Gasteiger partial charge in [-0.1, -0.05) is 42.1 Å². The van der Waals surface area contributed by atoms with Crippen molar-refractivity contribution < 1.29 is 4.74 Å². The second-order valence-electron chi connectivity index (χ2n) is 5.75. The Balaban J connectivity index is 1.85. The Morgan fingerprint density at radius 2 is 2.05 bits per heavy atom. The lowest BCUT2D eigenvalue weighted by Crippen LogP contribution is -2.16. The van der Waals surface area contributed by atoms with E-state index in [0.29, 0.717) is 0 Å². The van der Waals surface area contributed by atoms with E-state index in [-0.39, 0.29) is 0 Å². The second kappa shape index (κ2) is 8.68. The van der Waals surface area contributed by atoms with Gasteiger partial charge in [0.25, 0.3) is 0 Å². The predicted molar refractivity (Wildman–Crippen MR) is 88.2 cm³/mol. The highest BCUT2D eigenvalue weighted by Gasteiger charge is 2.14. The summed E-state index contributed by atoms with van der Waals surface area (Å²) < 4.78 is 7.16. The van der Waals surface area contributed by atoms with E-state index >= 15 is 0 Å². The maximum absolute atomic E-state index is 6.00. The fourth-order valence-electron chi connectivity index (χ4n) is 2.74. The van der Waals surface area contributed by atoms with Gasteiger partial charge in [0.2, 0.25) is 0 Å². The minimum Gasteiger partial charge on any atom is -0.493 e. The summed E-state index contributed by atoms with van der Waals surface area (Å²) in [6, 6.07) is 6.32. The van der Waals surface area contributed by atoms with Crippen LogP contribution in [0, 0.1) is 5.92 Å². The molecule has 112 valence electrons. The summed E-state index contributed by atoms with van der Waals surface area (Å²) in [5.41, 5.74) is 1.28. The minimum atomic E-state index is 0.758. The van der Waals surface area contributed by atoms with Crippen LogP contribution >= 0.6 is 15.9 Å². The quantitative estimate of drug-likeness (QED) is 0.712. The summed E-state index contributed by atoms with van der Waals surface area (Å²) in [7, 11) is 0. The molecule has 1 fully saturated rings. The van der Waals surface area contributed by atoms with E-state index in [9.17, 15) is 0 Å². The van der Waals surface area contributed by atoms with E-state index in [4.69, 9.17) is 4.74 Å². The molecule has 0 heterocycles. The van der Waals surface area contributed by atoms with Crippen molar-refractivity contribution >= 4 is 15.9 Å². The van der Waals surface area contributed by atoms with E-state index in [2.05, 4.69) is 46.4 Å². The lowest BCUT2D eigenvalue weighted by molar-refractivity contribution is 0.208. The maximum atomic E-state index is 6.00. The molecule has 3 heteroatoms. The standard InChI is InChI=1S/C17H26BrNO/c1-2-10-19-12-15-11-16(8-9-17(15)18)20-13-14-6-4-3-5-7-14/h8-9,11,14,19H,2-7,10,12-13H2,1H3. The summed E-state index contributed by atoms with van der Waals surface area (Å²) in [4.78, 5) is 0. The van der Waals surface area contributed by atoms with Crippen LogP contribution in [-0.2, 0) is 6.54 Å². The third kappa shape index (κ3) is 5.10. The molecule has 1 saturated carbocycles. The Bertz CT molecular complexity index is 402. The Labute approximate surface area is 131 Å². The molecule has 0 amide bonds. The van der Waals surface area contributed by atoms with Crippen molar-refractivity contribution in [3.8, 4) is 5.75 Å². The minimum absolute atomic E-state index is 0.758. The molecular weight excluding hydrogens is 314 g/mol. The molecule has 0 atom stereocenters. The number of rotatable bonds is 7. The Morgan fingerprint density at radius 3 is 2.80 bits per heavy atom. The smallest absolute Gasteiger partial charge is 0.119 e. The number of hydrogen-bond acceptors (Lipinski definition) is 2. The summed E-state index contributed by atoms with van der Waals surface area (Å²) >= 11 is 3.61. The van der Waals surface area contributed by atoms with Crippen LogP contribution in [0.25, 0.3) is 0 Å². The van der Waals surface area contributed by atoms with Crippen molar-refractivity contribution in [1.29, 1.82) is 0 Å². The molecule has 1 aliphatic carbocycles. The molecule has 0 spiro atoms. The van der Waals surface area contributed by atoms with Gasteiger partial charge >= 0.3 is 0 Å².